The van der Waals surface area contributed by atoms with E-state index in [0.717, 1.165) is 21.6 Å². The molecule has 126 valence electrons. The Hall–Kier alpha value is -2.15. The summed E-state index contributed by atoms with van der Waals surface area (Å²) in [5, 5.41) is 6.68. The van der Waals surface area contributed by atoms with Crippen LogP contribution in [0.4, 0.5) is 5.69 Å². The summed E-state index contributed by atoms with van der Waals surface area (Å²) < 4.78 is 6.01. The van der Waals surface area contributed by atoms with Crippen molar-refractivity contribution in [3.05, 3.63) is 46.3 Å². The Labute approximate surface area is 148 Å². The number of carbonyl (C=O) groups is 2. The van der Waals surface area contributed by atoms with Gasteiger partial charge in [-0.15, -0.1) is 0 Å². The molecule has 1 atom stereocenters. The molecule has 0 aliphatic carbocycles. The minimum absolute atomic E-state index is 0.0286. The summed E-state index contributed by atoms with van der Waals surface area (Å²) in [5.41, 5.74) is 1.63. The number of aryl methyl sites for hydroxylation is 1. The van der Waals surface area contributed by atoms with Gasteiger partial charge >= 0.3 is 0 Å². The van der Waals surface area contributed by atoms with E-state index in [1.54, 1.807) is 4.90 Å². The third-order valence-corrected chi connectivity index (χ3v) is 4.46. The maximum Gasteiger partial charge on any atom is 0.227 e. The Morgan fingerprint density at radius 3 is 3.00 bits per heavy atom. The molecule has 1 aliphatic rings. The average Bonchev–Trinajstić information content (AvgIpc) is 3.13. The van der Waals surface area contributed by atoms with Crippen molar-refractivity contribution in [3.8, 4) is 0 Å². The summed E-state index contributed by atoms with van der Waals surface area (Å²) in [6.07, 6.45) is 0.822. The van der Waals surface area contributed by atoms with Crippen LogP contribution < -0.4 is 10.2 Å². The van der Waals surface area contributed by atoms with Crippen LogP contribution in [0.2, 0.25) is 0 Å². The van der Waals surface area contributed by atoms with Gasteiger partial charge in [0.05, 0.1) is 11.6 Å². The predicted octanol–water partition coefficient (Wildman–Crippen LogP) is 2.46. The molecule has 3 rings (SSSR count). The fourth-order valence-corrected chi connectivity index (χ4v) is 3.15. The summed E-state index contributed by atoms with van der Waals surface area (Å²) in [6.45, 7) is 2.73. The van der Waals surface area contributed by atoms with Gasteiger partial charge in [-0.1, -0.05) is 27.2 Å². The largest absolute Gasteiger partial charge is 0.361 e. The van der Waals surface area contributed by atoms with Crippen LogP contribution in [0.15, 0.2) is 39.3 Å². The van der Waals surface area contributed by atoms with Crippen molar-refractivity contribution in [3.63, 3.8) is 0 Å². The topological polar surface area (TPSA) is 75.4 Å². The second-order valence-corrected chi connectivity index (χ2v) is 6.78. The van der Waals surface area contributed by atoms with Gasteiger partial charge in [0.1, 0.15) is 5.76 Å². The number of nitrogens with zero attached hydrogens (tertiary/aromatic N) is 2. The first-order valence-corrected chi connectivity index (χ1v) is 8.58. The van der Waals surface area contributed by atoms with Crippen molar-refractivity contribution < 1.29 is 14.1 Å². The van der Waals surface area contributed by atoms with Crippen LogP contribution in [-0.4, -0.2) is 30.1 Å². The Kier molecular flexibility index (Phi) is 4.99. The Morgan fingerprint density at radius 1 is 1.46 bits per heavy atom. The van der Waals surface area contributed by atoms with E-state index >= 15 is 0 Å². The number of anilines is 1. The van der Waals surface area contributed by atoms with Gasteiger partial charge in [-0.3, -0.25) is 9.59 Å². The predicted molar refractivity (Wildman–Crippen MR) is 92.6 cm³/mol. The minimum Gasteiger partial charge on any atom is -0.361 e. The molecule has 6 nitrogen and oxygen atoms in total. The summed E-state index contributed by atoms with van der Waals surface area (Å²) >= 11 is 3.40. The third kappa shape index (κ3) is 3.84. The Balaban J connectivity index is 1.54. The normalized spacial score (nSPS) is 17.3. The van der Waals surface area contributed by atoms with Crippen molar-refractivity contribution in [2.24, 2.45) is 5.92 Å². The number of amides is 2. The van der Waals surface area contributed by atoms with E-state index in [2.05, 4.69) is 26.4 Å². The molecule has 2 amide bonds. The summed E-state index contributed by atoms with van der Waals surface area (Å²) in [7, 11) is 0. The highest BCUT2D eigenvalue weighted by molar-refractivity contribution is 9.10. The number of benzene rings is 1. The average molecular weight is 392 g/mol. The molecule has 0 radical (unpaired) electrons. The number of rotatable bonds is 5. The van der Waals surface area contributed by atoms with E-state index in [9.17, 15) is 9.59 Å². The molecule has 2 heterocycles. The first-order valence-electron chi connectivity index (χ1n) is 7.79. The van der Waals surface area contributed by atoms with Gasteiger partial charge in [-0.25, -0.2) is 0 Å². The third-order valence-electron chi connectivity index (χ3n) is 3.96. The zero-order valence-corrected chi connectivity index (χ0v) is 14.9. The number of aromatic nitrogens is 1. The lowest BCUT2D eigenvalue weighted by molar-refractivity contribution is -0.126. The van der Waals surface area contributed by atoms with Gasteiger partial charge in [0.2, 0.25) is 11.8 Å². The highest BCUT2D eigenvalue weighted by atomic mass is 79.9. The van der Waals surface area contributed by atoms with Gasteiger partial charge in [-0.2, -0.15) is 0 Å². The zero-order chi connectivity index (χ0) is 17.1. The van der Waals surface area contributed by atoms with Gasteiger partial charge in [0, 0.05) is 42.2 Å². The van der Waals surface area contributed by atoms with E-state index in [-0.39, 0.29) is 24.2 Å². The van der Waals surface area contributed by atoms with Crippen molar-refractivity contribution >= 4 is 33.4 Å². The Bertz CT molecular complexity index is 759. The lowest BCUT2D eigenvalue weighted by atomic mass is 10.1. The maximum atomic E-state index is 12.3. The van der Waals surface area contributed by atoms with Gasteiger partial charge < -0.3 is 14.7 Å². The molecule has 1 aliphatic heterocycles. The zero-order valence-electron chi connectivity index (χ0n) is 13.3. The molecule has 1 saturated heterocycles. The minimum atomic E-state index is -0.326. The van der Waals surface area contributed by atoms with Gasteiger partial charge in [0.15, 0.2) is 0 Å². The van der Waals surface area contributed by atoms with Crippen LogP contribution >= 0.6 is 15.9 Å². The number of carbonyl (C=O) groups excluding carboxylic acids is 2. The summed E-state index contributed by atoms with van der Waals surface area (Å²) in [5.74, 6) is 0.287. The number of hydrogen-bond donors (Lipinski definition) is 1. The number of nitrogens with one attached hydrogen (secondary N) is 1. The lowest BCUT2D eigenvalue weighted by Crippen LogP contribution is -2.34. The maximum absolute atomic E-state index is 12.3. The standard InChI is InChI=1S/C17H18BrN3O3/c1-11-7-15(24-20-11)5-6-19-17(23)12-8-16(22)21(10-12)14-4-2-3-13(18)9-14/h2-4,7,9,12H,5-6,8,10H2,1H3,(H,19,23)/t12-/m0/s1. The molecule has 0 saturated carbocycles. The molecule has 7 heteroatoms. The highest BCUT2D eigenvalue weighted by Gasteiger charge is 2.35. The lowest BCUT2D eigenvalue weighted by Gasteiger charge is -2.17. The Morgan fingerprint density at radius 2 is 2.29 bits per heavy atom. The first kappa shape index (κ1) is 16.7. The van der Waals surface area contributed by atoms with Crippen molar-refractivity contribution in [1.82, 2.24) is 10.5 Å². The number of halogens is 1. The van der Waals surface area contributed by atoms with Crippen molar-refractivity contribution in [1.29, 1.82) is 0 Å². The van der Waals surface area contributed by atoms with E-state index in [0.29, 0.717) is 19.5 Å². The van der Waals surface area contributed by atoms with Crippen LogP contribution in [0.5, 0.6) is 0 Å². The van der Waals surface area contributed by atoms with Crippen molar-refractivity contribution in [2.75, 3.05) is 18.0 Å². The molecule has 0 spiro atoms. The molecule has 24 heavy (non-hydrogen) atoms. The fraction of sp³-hybridized carbons (Fsp3) is 0.353. The molecule has 1 fully saturated rings. The monoisotopic (exact) mass is 391 g/mol. The van der Waals surface area contributed by atoms with E-state index in [1.807, 2.05) is 37.3 Å². The highest BCUT2D eigenvalue weighted by Crippen LogP contribution is 2.27. The van der Waals surface area contributed by atoms with E-state index in [1.165, 1.54) is 0 Å². The quantitative estimate of drug-likeness (QED) is 0.848. The SMILES string of the molecule is Cc1cc(CCNC(=O)[C@H]2CC(=O)N(c3cccc(Br)c3)C2)on1. The molecule has 1 aromatic carbocycles. The summed E-state index contributed by atoms with van der Waals surface area (Å²) in [4.78, 5) is 26.2. The van der Waals surface area contributed by atoms with Crippen LogP contribution in [0.3, 0.4) is 0 Å². The van der Waals surface area contributed by atoms with Crippen LogP contribution in [0.1, 0.15) is 17.9 Å². The first-order chi connectivity index (χ1) is 11.5. The summed E-state index contributed by atoms with van der Waals surface area (Å²) in [6, 6.07) is 9.37. The fourth-order valence-electron chi connectivity index (χ4n) is 2.76. The molecule has 2 aromatic rings. The molecule has 1 aromatic heterocycles. The molecule has 1 N–H and O–H groups in total. The van der Waals surface area contributed by atoms with Crippen molar-refractivity contribution in [2.45, 2.75) is 19.8 Å². The molecular weight excluding hydrogens is 374 g/mol. The van der Waals surface area contributed by atoms with E-state index < -0.39 is 0 Å². The smallest absolute Gasteiger partial charge is 0.227 e. The molecule has 0 bridgehead atoms. The van der Waals surface area contributed by atoms with Crippen LogP contribution in [-0.2, 0) is 16.0 Å². The van der Waals surface area contributed by atoms with E-state index in [4.69, 9.17) is 4.52 Å². The van der Waals surface area contributed by atoms with Crippen LogP contribution in [0, 0.1) is 12.8 Å². The molecule has 0 unspecified atom stereocenters. The van der Waals surface area contributed by atoms with Gasteiger partial charge in [0.25, 0.3) is 0 Å². The number of hydrogen-bond acceptors (Lipinski definition) is 4. The molecular formula is C17H18BrN3O3. The second-order valence-electron chi connectivity index (χ2n) is 5.86. The second kappa shape index (κ2) is 7.17. The van der Waals surface area contributed by atoms with Crippen LogP contribution in [0.25, 0.3) is 0 Å². The van der Waals surface area contributed by atoms with Gasteiger partial charge in [-0.05, 0) is 25.1 Å².